The first-order valence-electron chi connectivity index (χ1n) is 43.1. The topological polar surface area (TPSA) is 38.7 Å². The maximum Gasteiger partial charge on any atom is 0.164 e. The molecular formula is C120H83N3. The van der Waals surface area contributed by atoms with E-state index in [1.54, 1.807) is 0 Å². The zero-order valence-electron chi connectivity index (χ0n) is 69.4. The average Bonchev–Trinajstić information content (AvgIpc) is 0.815. The van der Waals surface area contributed by atoms with E-state index in [0.717, 1.165) is 38.9 Å². The second kappa shape index (κ2) is 27.5. The van der Waals surface area contributed by atoms with Gasteiger partial charge in [-0.25, -0.2) is 15.0 Å². The molecule has 0 saturated carbocycles. The number of hydrogen-bond donors (Lipinski definition) is 0. The zero-order chi connectivity index (χ0) is 82.1. The number of benzene rings is 20. The lowest BCUT2D eigenvalue weighted by molar-refractivity contribution is 0.661. The first kappa shape index (κ1) is 72.0. The van der Waals surface area contributed by atoms with Crippen molar-refractivity contribution in [2.75, 3.05) is 0 Å². The molecule has 0 spiro atoms. The fourth-order valence-electron chi connectivity index (χ4n) is 21.6. The second-order valence-corrected chi connectivity index (χ2v) is 35.5. The third-order valence-corrected chi connectivity index (χ3v) is 27.7. The average molecular weight is 1570 g/mol. The first-order valence-corrected chi connectivity index (χ1v) is 43.1. The molecule has 21 aromatic rings. The first-order chi connectivity index (χ1) is 60.3. The van der Waals surface area contributed by atoms with Gasteiger partial charge < -0.3 is 0 Å². The molecule has 24 rings (SSSR count). The third kappa shape index (κ3) is 11.2. The van der Waals surface area contributed by atoms with Crippen molar-refractivity contribution >= 4 is 64.6 Å². The highest BCUT2D eigenvalue weighted by atomic mass is 15.0. The summed E-state index contributed by atoms with van der Waals surface area (Å²) in [4.78, 5) is 16.6. The normalized spacial score (nSPS) is 13.6. The number of fused-ring (bicyclic) bond motifs is 15. The van der Waals surface area contributed by atoms with E-state index < -0.39 is 0 Å². The van der Waals surface area contributed by atoms with Crippen LogP contribution in [-0.4, -0.2) is 15.0 Å². The van der Waals surface area contributed by atoms with Crippen LogP contribution in [-0.2, 0) is 16.2 Å². The summed E-state index contributed by atoms with van der Waals surface area (Å²) < 4.78 is 0. The predicted molar refractivity (Wildman–Crippen MR) is 517 cm³/mol. The Kier molecular flexibility index (Phi) is 16.1. The quantitative estimate of drug-likeness (QED) is 0.121. The van der Waals surface area contributed by atoms with Crippen molar-refractivity contribution in [1.82, 2.24) is 15.0 Å². The van der Waals surface area contributed by atoms with Gasteiger partial charge in [-0.2, -0.15) is 0 Å². The lowest BCUT2D eigenvalue weighted by Gasteiger charge is -2.24. The van der Waals surface area contributed by atoms with E-state index in [2.05, 4.69) is 436 Å². The number of aromatic nitrogens is 3. The van der Waals surface area contributed by atoms with Crippen LogP contribution < -0.4 is 0 Å². The smallest absolute Gasteiger partial charge is 0.164 e. The predicted octanol–water partition coefficient (Wildman–Crippen LogP) is 32.0. The van der Waals surface area contributed by atoms with Crippen LogP contribution in [0.1, 0.15) is 74.9 Å². The molecule has 3 nitrogen and oxygen atoms in total. The highest BCUT2D eigenvalue weighted by Crippen LogP contribution is 2.59. The second-order valence-electron chi connectivity index (χ2n) is 35.5. The summed E-state index contributed by atoms with van der Waals surface area (Å²) >= 11 is 0. The third-order valence-electron chi connectivity index (χ3n) is 27.7. The SMILES string of the molecule is CC1(C)c2cc(-c3ccc(-c4nc(-c5ccc(-c6ccc7c(c6)C(C)(C)c6cc8c(-c9ccccc9)c9ccccc9c(-c9ccccc9)c8cc6-7)cc5)nc(-c5ccc6c(c5)C(C)(C)c5cc7c(-c8ccccc8)c8ccccc8c(-c8ccccc8)c7cc5-6)n4)cc3)ccc2-c2cc3c(-c4ccccc4)c4ccccc4c(-c4ccccc4)c3cc21. The van der Waals surface area contributed by atoms with Gasteiger partial charge in [-0.15, -0.1) is 0 Å². The summed E-state index contributed by atoms with van der Waals surface area (Å²) in [6.45, 7) is 14.4. The van der Waals surface area contributed by atoms with Crippen LogP contribution in [0.25, 0.3) is 221 Å². The van der Waals surface area contributed by atoms with Gasteiger partial charge in [-0.3, -0.25) is 0 Å². The highest BCUT2D eigenvalue weighted by molar-refractivity contribution is 6.26. The molecule has 0 fully saturated rings. The van der Waals surface area contributed by atoms with E-state index in [0.29, 0.717) is 17.5 Å². The van der Waals surface area contributed by atoms with Gasteiger partial charge >= 0.3 is 0 Å². The Hall–Kier alpha value is -15.0. The summed E-state index contributed by atoms with van der Waals surface area (Å²) in [5, 5.41) is 15.1. The Bertz CT molecular complexity index is 7650. The molecule has 1 aromatic heterocycles. The van der Waals surface area contributed by atoms with Gasteiger partial charge in [0, 0.05) is 32.9 Å². The highest BCUT2D eigenvalue weighted by Gasteiger charge is 2.41. The molecule has 1 heterocycles. The molecular weight excluding hydrogens is 1480 g/mol. The zero-order valence-corrected chi connectivity index (χ0v) is 69.4. The van der Waals surface area contributed by atoms with Crippen molar-refractivity contribution in [3.05, 3.63) is 428 Å². The number of nitrogens with zero attached hydrogens (tertiary/aromatic N) is 3. The van der Waals surface area contributed by atoms with Gasteiger partial charge in [0.1, 0.15) is 0 Å². The Morgan fingerprint density at radius 3 is 0.577 bits per heavy atom. The van der Waals surface area contributed by atoms with Gasteiger partial charge in [0.05, 0.1) is 0 Å². The fourth-order valence-corrected chi connectivity index (χ4v) is 21.6. The summed E-state index contributed by atoms with van der Waals surface area (Å²) in [6, 6.07) is 147. The van der Waals surface area contributed by atoms with Crippen LogP contribution in [0.4, 0.5) is 0 Å². The molecule has 0 N–H and O–H groups in total. The fraction of sp³-hybridized carbons (Fsp3) is 0.0750. The molecule has 123 heavy (non-hydrogen) atoms. The van der Waals surface area contributed by atoms with Gasteiger partial charge in [0.25, 0.3) is 0 Å². The van der Waals surface area contributed by atoms with E-state index in [9.17, 15) is 0 Å². The summed E-state index contributed by atoms with van der Waals surface area (Å²) in [6.07, 6.45) is 0. The number of hydrogen-bond acceptors (Lipinski definition) is 3. The Balaban J connectivity index is 0.622. The van der Waals surface area contributed by atoms with Crippen molar-refractivity contribution in [2.45, 2.75) is 57.8 Å². The Morgan fingerprint density at radius 2 is 0.325 bits per heavy atom. The largest absolute Gasteiger partial charge is 0.208 e. The maximum absolute atomic E-state index is 5.55. The number of rotatable bonds is 11. The molecule has 578 valence electrons. The molecule has 0 saturated heterocycles. The summed E-state index contributed by atoms with van der Waals surface area (Å²) in [5.41, 5.74) is 36.7. The molecule has 0 amide bonds. The van der Waals surface area contributed by atoms with Gasteiger partial charge in [-0.05, 0) is 275 Å². The van der Waals surface area contributed by atoms with Crippen LogP contribution in [0.5, 0.6) is 0 Å². The molecule has 0 atom stereocenters. The van der Waals surface area contributed by atoms with Crippen molar-refractivity contribution in [1.29, 1.82) is 0 Å². The molecule has 0 aliphatic heterocycles. The van der Waals surface area contributed by atoms with Crippen molar-refractivity contribution < 1.29 is 0 Å². The van der Waals surface area contributed by atoms with Crippen LogP contribution in [0, 0.1) is 0 Å². The maximum atomic E-state index is 5.55. The summed E-state index contributed by atoms with van der Waals surface area (Å²) in [7, 11) is 0. The van der Waals surface area contributed by atoms with E-state index >= 15 is 0 Å². The van der Waals surface area contributed by atoms with E-state index in [1.807, 2.05) is 0 Å². The Labute approximate surface area is 716 Å². The molecule has 0 radical (unpaired) electrons. The molecule has 3 heteroatoms. The standard InChI is InChI=1S/C120H83N3/c1-118(2)103-63-82(57-60-85(103)94-66-97-100(69-106(94)118)112(77-37-19-10-20-38-77)91-46-28-25-43-88(91)109(97)74-31-13-7-14-32-74)72-49-53-80(54-50-72)115-121-116(123-117(122-115)84-59-62-87-96-68-99-102(71-108(96)120(5,6)105(87)65-84)114(79-41-23-12-24-42-79)93-48-30-27-45-90(93)111(99)76-35-17-9-18-36-76)81-55-51-73(52-56-81)83-58-61-86-95-67-98-101(70-107(95)119(3,4)104(86)64-83)113(78-39-21-11-22-40-78)92-47-29-26-44-89(92)110(98)75-33-15-8-16-34-75/h7-71H,1-6H3. The lowest BCUT2D eigenvalue weighted by atomic mass is 9.79. The van der Waals surface area contributed by atoms with Gasteiger partial charge in [0.15, 0.2) is 17.5 Å². The van der Waals surface area contributed by atoms with Crippen LogP contribution >= 0.6 is 0 Å². The molecule has 0 bridgehead atoms. The monoisotopic (exact) mass is 1570 g/mol. The minimum atomic E-state index is -0.390. The van der Waals surface area contributed by atoms with E-state index in [4.69, 9.17) is 15.0 Å². The van der Waals surface area contributed by atoms with Crippen molar-refractivity contribution in [2.24, 2.45) is 0 Å². The van der Waals surface area contributed by atoms with E-state index in [-0.39, 0.29) is 16.2 Å². The van der Waals surface area contributed by atoms with Crippen molar-refractivity contribution in [3.63, 3.8) is 0 Å². The summed E-state index contributed by atoms with van der Waals surface area (Å²) in [5.74, 6) is 1.83. The van der Waals surface area contributed by atoms with E-state index in [1.165, 1.54) is 198 Å². The molecule has 0 unspecified atom stereocenters. The molecule has 3 aliphatic rings. The molecule has 3 aliphatic carbocycles. The minimum absolute atomic E-state index is 0.298. The van der Waals surface area contributed by atoms with Gasteiger partial charge in [0.2, 0.25) is 0 Å². The Morgan fingerprint density at radius 1 is 0.138 bits per heavy atom. The van der Waals surface area contributed by atoms with Crippen LogP contribution in [0.3, 0.4) is 0 Å². The van der Waals surface area contributed by atoms with Crippen LogP contribution in [0.15, 0.2) is 394 Å². The minimum Gasteiger partial charge on any atom is -0.208 e. The van der Waals surface area contributed by atoms with Crippen LogP contribution in [0.2, 0.25) is 0 Å². The van der Waals surface area contributed by atoms with Gasteiger partial charge in [-0.1, -0.05) is 381 Å². The molecule has 20 aromatic carbocycles. The van der Waals surface area contributed by atoms with Crippen molar-refractivity contribution in [3.8, 4) is 157 Å². The lowest BCUT2D eigenvalue weighted by Crippen LogP contribution is -2.15.